The van der Waals surface area contributed by atoms with E-state index in [1.165, 1.54) is 4.31 Å². The van der Waals surface area contributed by atoms with Crippen LogP contribution in [0.15, 0.2) is 23.1 Å². The van der Waals surface area contributed by atoms with E-state index in [-0.39, 0.29) is 0 Å². The number of nitrogens with two attached hydrogens (primary N) is 1. The highest BCUT2D eigenvalue weighted by Gasteiger charge is 2.26. The fourth-order valence-corrected chi connectivity index (χ4v) is 3.97. The lowest BCUT2D eigenvalue weighted by Crippen LogP contribution is -2.34. The van der Waals surface area contributed by atoms with E-state index in [1.54, 1.807) is 32.2 Å². The lowest BCUT2D eigenvalue weighted by Gasteiger charge is -2.27. The van der Waals surface area contributed by atoms with E-state index in [2.05, 4.69) is 0 Å². The Labute approximate surface area is 120 Å². The number of aryl methyl sites for hydroxylation is 1. The van der Waals surface area contributed by atoms with Gasteiger partial charge in [0.2, 0.25) is 10.0 Å². The third-order valence-electron chi connectivity index (χ3n) is 3.74. The minimum absolute atomic E-state index is 0.334. The molecule has 0 aliphatic carbocycles. The molecular weight excluding hydrogens is 276 g/mol. The van der Waals surface area contributed by atoms with Crippen LogP contribution in [0.2, 0.25) is 0 Å². The lowest BCUT2D eigenvalue weighted by molar-refractivity contribution is 0.0620. The number of ether oxygens (including phenoxy) is 1. The summed E-state index contributed by atoms with van der Waals surface area (Å²) in [7, 11) is -1.81. The van der Waals surface area contributed by atoms with E-state index >= 15 is 0 Å². The molecular formula is C14H22N2O3S. The van der Waals surface area contributed by atoms with Crippen molar-refractivity contribution in [2.24, 2.45) is 5.92 Å². The van der Waals surface area contributed by atoms with Gasteiger partial charge in [-0.25, -0.2) is 12.7 Å². The Kier molecular flexibility index (Phi) is 4.67. The monoisotopic (exact) mass is 298 g/mol. The highest BCUT2D eigenvalue weighted by atomic mass is 32.2. The summed E-state index contributed by atoms with van der Waals surface area (Å²) in [6.45, 7) is 3.75. The molecule has 112 valence electrons. The summed E-state index contributed by atoms with van der Waals surface area (Å²) >= 11 is 0. The van der Waals surface area contributed by atoms with Gasteiger partial charge < -0.3 is 10.5 Å². The van der Waals surface area contributed by atoms with Crippen LogP contribution in [0, 0.1) is 12.8 Å². The SMILES string of the molecule is Cc1cc(N)ccc1S(=O)(=O)N(C)CC1CCOCC1. The maximum atomic E-state index is 12.6. The molecule has 2 N–H and O–H groups in total. The van der Waals surface area contributed by atoms with E-state index in [1.807, 2.05) is 0 Å². The van der Waals surface area contributed by atoms with Crippen LogP contribution < -0.4 is 5.73 Å². The maximum absolute atomic E-state index is 12.6. The number of nitrogen functional groups attached to an aromatic ring is 1. The predicted molar refractivity (Wildman–Crippen MR) is 79.0 cm³/mol. The molecule has 1 heterocycles. The van der Waals surface area contributed by atoms with Gasteiger partial charge in [-0.15, -0.1) is 0 Å². The average Bonchev–Trinajstić information content (AvgIpc) is 2.39. The Hall–Kier alpha value is -1.11. The molecule has 0 atom stereocenters. The molecule has 1 aliphatic heterocycles. The molecule has 6 heteroatoms. The zero-order valence-electron chi connectivity index (χ0n) is 12.0. The molecule has 0 spiro atoms. The van der Waals surface area contributed by atoms with Gasteiger partial charge in [0.25, 0.3) is 0 Å². The fourth-order valence-electron chi connectivity index (χ4n) is 2.52. The van der Waals surface area contributed by atoms with Crippen LogP contribution >= 0.6 is 0 Å². The van der Waals surface area contributed by atoms with E-state index in [9.17, 15) is 8.42 Å². The molecule has 1 saturated heterocycles. The fraction of sp³-hybridized carbons (Fsp3) is 0.571. The van der Waals surface area contributed by atoms with Gasteiger partial charge >= 0.3 is 0 Å². The smallest absolute Gasteiger partial charge is 0.243 e. The van der Waals surface area contributed by atoms with Gasteiger partial charge in [0.15, 0.2) is 0 Å². The van der Waals surface area contributed by atoms with Crippen molar-refractivity contribution in [1.29, 1.82) is 0 Å². The number of benzene rings is 1. The van der Waals surface area contributed by atoms with Crippen LogP contribution in [0.25, 0.3) is 0 Å². The van der Waals surface area contributed by atoms with Crippen LogP contribution in [0.4, 0.5) is 5.69 Å². The number of anilines is 1. The minimum atomic E-state index is -3.45. The van der Waals surface area contributed by atoms with Crippen molar-refractivity contribution in [1.82, 2.24) is 4.31 Å². The second-order valence-corrected chi connectivity index (χ2v) is 7.38. The molecule has 20 heavy (non-hydrogen) atoms. The summed E-state index contributed by atoms with van der Waals surface area (Å²) in [6.07, 6.45) is 1.83. The predicted octanol–water partition coefficient (Wildman–Crippen LogP) is 1.62. The van der Waals surface area contributed by atoms with E-state index in [0.29, 0.717) is 28.6 Å². The molecule has 0 radical (unpaired) electrons. The molecule has 0 unspecified atom stereocenters. The van der Waals surface area contributed by atoms with Crippen LogP contribution in [-0.2, 0) is 14.8 Å². The quantitative estimate of drug-likeness (QED) is 0.857. The first-order chi connectivity index (χ1) is 9.41. The second-order valence-electron chi connectivity index (χ2n) is 5.37. The topological polar surface area (TPSA) is 72.6 Å². The summed E-state index contributed by atoms with van der Waals surface area (Å²) in [5.41, 5.74) is 6.94. The Balaban J connectivity index is 2.16. The molecule has 5 nitrogen and oxygen atoms in total. The first-order valence-electron chi connectivity index (χ1n) is 6.81. The van der Waals surface area contributed by atoms with Crippen molar-refractivity contribution in [3.8, 4) is 0 Å². The Bertz CT molecular complexity index is 566. The molecule has 1 fully saturated rings. The summed E-state index contributed by atoms with van der Waals surface area (Å²) in [5, 5.41) is 0. The number of hydrogen-bond donors (Lipinski definition) is 1. The molecule has 0 bridgehead atoms. The second kappa shape index (κ2) is 6.11. The third-order valence-corrected chi connectivity index (χ3v) is 5.73. The Morgan fingerprint density at radius 1 is 1.35 bits per heavy atom. The molecule has 1 aromatic rings. The maximum Gasteiger partial charge on any atom is 0.243 e. The number of rotatable bonds is 4. The number of sulfonamides is 1. The summed E-state index contributed by atoms with van der Waals surface area (Å²) in [6, 6.07) is 4.90. The molecule has 1 aliphatic rings. The van der Waals surface area contributed by atoms with Crippen LogP contribution in [0.3, 0.4) is 0 Å². The van der Waals surface area contributed by atoms with Gasteiger partial charge in [-0.1, -0.05) is 0 Å². The van der Waals surface area contributed by atoms with Crippen molar-refractivity contribution in [2.45, 2.75) is 24.7 Å². The highest BCUT2D eigenvalue weighted by molar-refractivity contribution is 7.89. The van der Waals surface area contributed by atoms with Gasteiger partial charge in [0, 0.05) is 32.5 Å². The van der Waals surface area contributed by atoms with Crippen molar-refractivity contribution >= 4 is 15.7 Å². The molecule has 1 aromatic carbocycles. The normalized spacial score (nSPS) is 17.6. The van der Waals surface area contributed by atoms with Crippen molar-refractivity contribution in [2.75, 3.05) is 32.5 Å². The first kappa shape index (κ1) is 15.3. The third kappa shape index (κ3) is 3.31. The standard InChI is InChI=1S/C14H22N2O3S/c1-11-9-13(15)3-4-14(11)20(17,18)16(2)10-12-5-7-19-8-6-12/h3-4,9,12H,5-8,10,15H2,1-2H3. The van der Waals surface area contributed by atoms with Gasteiger partial charge in [0.05, 0.1) is 4.90 Å². The largest absolute Gasteiger partial charge is 0.399 e. The van der Waals surface area contributed by atoms with Gasteiger partial charge in [-0.05, 0) is 49.4 Å². The Morgan fingerprint density at radius 3 is 2.60 bits per heavy atom. The van der Waals surface area contributed by atoms with E-state index in [0.717, 1.165) is 26.1 Å². The Morgan fingerprint density at radius 2 is 2.00 bits per heavy atom. The van der Waals surface area contributed by atoms with Crippen molar-refractivity contribution in [3.05, 3.63) is 23.8 Å². The molecule has 0 aromatic heterocycles. The van der Waals surface area contributed by atoms with E-state index in [4.69, 9.17) is 10.5 Å². The number of hydrogen-bond acceptors (Lipinski definition) is 4. The van der Waals surface area contributed by atoms with Crippen molar-refractivity contribution < 1.29 is 13.2 Å². The number of nitrogens with zero attached hydrogens (tertiary/aromatic N) is 1. The van der Waals surface area contributed by atoms with Gasteiger partial charge in [0.1, 0.15) is 0 Å². The summed E-state index contributed by atoms with van der Waals surface area (Å²) in [5.74, 6) is 0.373. The zero-order chi connectivity index (χ0) is 14.8. The highest BCUT2D eigenvalue weighted by Crippen LogP contribution is 2.23. The molecule has 0 saturated carbocycles. The summed E-state index contributed by atoms with van der Waals surface area (Å²) in [4.78, 5) is 0.334. The van der Waals surface area contributed by atoms with Gasteiger partial charge in [-0.2, -0.15) is 0 Å². The first-order valence-corrected chi connectivity index (χ1v) is 8.25. The van der Waals surface area contributed by atoms with Crippen LogP contribution in [-0.4, -0.2) is 39.5 Å². The lowest BCUT2D eigenvalue weighted by atomic mass is 10.0. The molecule has 0 amide bonds. The van der Waals surface area contributed by atoms with E-state index < -0.39 is 10.0 Å². The van der Waals surface area contributed by atoms with Crippen molar-refractivity contribution in [3.63, 3.8) is 0 Å². The van der Waals surface area contributed by atoms with Crippen LogP contribution in [0.5, 0.6) is 0 Å². The summed E-state index contributed by atoms with van der Waals surface area (Å²) < 4.78 is 31.9. The minimum Gasteiger partial charge on any atom is -0.399 e. The zero-order valence-corrected chi connectivity index (χ0v) is 12.8. The van der Waals surface area contributed by atoms with Gasteiger partial charge in [-0.3, -0.25) is 0 Å². The average molecular weight is 298 g/mol. The molecule has 2 rings (SSSR count). The van der Waals surface area contributed by atoms with Crippen LogP contribution in [0.1, 0.15) is 18.4 Å².